The Kier molecular flexibility index (Phi) is 4.65. The monoisotopic (exact) mass is 312 g/mol. The third-order valence-corrected chi connectivity index (χ3v) is 4.83. The summed E-state index contributed by atoms with van der Waals surface area (Å²) in [5.74, 6) is 0.527. The smallest absolute Gasteiger partial charge is 0.0515 e. The fourth-order valence-electron chi connectivity index (χ4n) is 2.48. The predicted molar refractivity (Wildman–Crippen MR) is 79.0 cm³/mol. The van der Waals surface area contributed by atoms with Crippen LogP contribution in [0.5, 0.6) is 0 Å². The molecular weight excluding hydrogens is 292 g/mol. The van der Waals surface area contributed by atoms with Crippen LogP contribution in [0.4, 0.5) is 5.69 Å². The Bertz CT molecular complexity index is 393. The molecule has 100 valence electrons. The maximum atomic E-state index is 5.88. The van der Waals surface area contributed by atoms with E-state index in [0.717, 1.165) is 25.3 Å². The normalized spacial score (nSPS) is 21.0. The van der Waals surface area contributed by atoms with Crippen molar-refractivity contribution in [3.63, 3.8) is 0 Å². The number of nitrogens with one attached hydrogen (secondary N) is 1. The van der Waals surface area contributed by atoms with Gasteiger partial charge in [-0.1, -0.05) is 15.9 Å². The number of nitrogens with two attached hydrogens (primary N) is 1. The molecule has 1 aromatic rings. The van der Waals surface area contributed by atoms with E-state index in [1.54, 1.807) is 0 Å². The highest BCUT2D eigenvalue weighted by Crippen LogP contribution is 2.27. The van der Waals surface area contributed by atoms with E-state index in [-0.39, 0.29) is 0 Å². The van der Waals surface area contributed by atoms with Crippen molar-refractivity contribution in [2.75, 3.05) is 25.1 Å². The van der Waals surface area contributed by atoms with Gasteiger partial charge in [0, 0.05) is 35.3 Å². The Morgan fingerprint density at radius 3 is 2.61 bits per heavy atom. The number of benzene rings is 1. The van der Waals surface area contributed by atoms with Gasteiger partial charge in [-0.05, 0) is 43.5 Å². The topological polar surface area (TPSA) is 47.3 Å². The van der Waals surface area contributed by atoms with Crippen molar-refractivity contribution in [2.45, 2.75) is 26.3 Å². The van der Waals surface area contributed by atoms with E-state index in [1.165, 1.54) is 15.6 Å². The molecule has 1 aliphatic rings. The maximum Gasteiger partial charge on any atom is 0.0515 e. The molecule has 1 aromatic carbocycles. The maximum absolute atomic E-state index is 5.88. The zero-order valence-corrected chi connectivity index (χ0v) is 12.6. The Hall–Kier alpha value is -0.580. The van der Waals surface area contributed by atoms with Crippen LogP contribution in [-0.4, -0.2) is 25.8 Å². The summed E-state index contributed by atoms with van der Waals surface area (Å²) in [5.41, 5.74) is 9.52. The van der Waals surface area contributed by atoms with Gasteiger partial charge >= 0.3 is 0 Å². The molecule has 2 unspecified atom stereocenters. The van der Waals surface area contributed by atoms with Gasteiger partial charge in [0.25, 0.3) is 0 Å². The van der Waals surface area contributed by atoms with Crippen molar-refractivity contribution in [2.24, 2.45) is 11.7 Å². The standard InChI is InChI=1S/C14H21BrN2O/c1-9-5-12(6-10(2)14(9)15)17-13(7-16)11-3-4-18-8-11/h5-6,11,13,17H,3-4,7-8,16H2,1-2H3. The molecule has 0 saturated carbocycles. The van der Waals surface area contributed by atoms with Crippen LogP contribution in [0.25, 0.3) is 0 Å². The second-order valence-corrected chi connectivity index (χ2v) is 5.83. The molecule has 3 nitrogen and oxygen atoms in total. The van der Waals surface area contributed by atoms with Crippen molar-refractivity contribution >= 4 is 21.6 Å². The van der Waals surface area contributed by atoms with Crippen molar-refractivity contribution in [1.82, 2.24) is 0 Å². The molecule has 0 amide bonds. The predicted octanol–water partition coefficient (Wildman–Crippen LogP) is 2.84. The molecule has 1 aliphatic heterocycles. The Morgan fingerprint density at radius 1 is 1.44 bits per heavy atom. The fourth-order valence-corrected chi connectivity index (χ4v) is 2.71. The fraction of sp³-hybridized carbons (Fsp3) is 0.571. The second kappa shape index (κ2) is 6.04. The van der Waals surface area contributed by atoms with Crippen LogP contribution in [0.15, 0.2) is 16.6 Å². The van der Waals surface area contributed by atoms with Crippen molar-refractivity contribution < 1.29 is 4.74 Å². The average Bonchev–Trinajstić information content (AvgIpc) is 2.86. The number of ether oxygens (including phenoxy) is 1. The molecular formula is C14H21BrN2O. The van der Waals surface area contributed by atoms with Crippen LogP contribution in [0.3, 0.4) is 0 Å². The summed E-state index contributed by atoms with van der Waals surface area (Å²) >= 11 is 3.59. The van der Waals surface area contributed by atoms with Crippen LogP contribution < -0.4 is 11.1 Å². The molecule has 0 bridgehead atoms. The summed E-state index contributed by atoms with van der Waals surface area (Å²) in [6.07, 6.45) is 1.10. The van der Waals surface area contributed by atoms with Gasteiger partial charge in [0.1, 0.15) is 0 Å². The van der Waals surface area contributed by atoms with Gasteiger partial charge in [0.05, 0.1) is 6.61 Å². The minimum absolute atomic E-state index is 0.299. The van der Waals surface area contributed by atoms with Gasteiger partial charge in [0.2, 0.25) is 0 Å². The number of anilines is 1. The Labute approximate surface area is 117 Å². The van der Waals surface area contributed by atoms with Crippen molar-refractivity contribution in [1.29, 1.82) is 0 Å². The van der Waals surface area contributed by atoms with Gasteiger partial charge in [-0.25, -0.2) is 0 Å². The number of halogens is 1. The summed E-state index contributed by atoms with van der Waals surface area (Å²) in [7, 11) is 0. The van der Waals surface area contributed by atoms with Gasteiger partial charge in [-0.15, -0.1) is 0 Å². The molecule has 2 atom stereocenters. The molecule has 1 heterocycles. The number of hydrogen-bond acceptors (Lipinski definition) is 3. The van der Waals surface area contributed by atoms with E-state index in [1.807, 2.05) is 0 Å². The van der Waals surface area contributed by atoms with Crippen LogP contribution in [0, 0.1) is 19.8 Å². The van der Waals surface area contributed by atoms with Crippen molar-refractivity contribution in [3.8, 4) is 0 Å². The van der Waals surface area contributed by atoms with Crippen molar-refractivity contribution in [3.05, 3.63) is 27.7 Å². The first kappa shape index (κ1) is 13.8. The summed E-state index contributed by atoms with van der Waals surface area (Å²) in [5, 5.41) is 3.55. The highest BCUT2D eigenvalue weighted by Gasteiger charge is 2.24. The molecule has 0 radical (unpaired) electrons. The molecule has 1 saturated heterocycles. The first-order valence-corrected chi connectivity index (χ1v) is 7.22. The zero-order valence-electron chi connectivity index (χ0n) is 11.0. The highest BCUT2D eigenvalue weighted by molar-refractivity contribution is 9.10. The summed E-state index contributed by atoms with van der Waals surface area (Å²) in [6, 6.07) is 4.62. The minimum Gasteiger partial charge on any atom is -0.381 e. The highest BCUT2D eigenvalue weighted by atomic mass is 79.9. The lowest BCUT2D eigenvalue weighted by atomic mass is 9.98. The van der Waals surface area contributed by atoms with Gasteiger partial charge in [-0.2, -0.15) is 0 Å². The van der Waals surface area contributed by atoms with Crippen LogP contribution in [0.2, 0.25) is 0 Å². The molecule has 0 aliphatic carbocycles. The summed E-state index contributed by atoms with van der Waals surface area (Å²) in [6.45, 7) is 6.55. The Morgan fingerprint density at radius 2 is 2.11 bits per heavy atom. The van der Waals surface area contributed by atoms with Gasteiger partial charge < -0.3 is 15.8 Å². The lowest BCUT2D eigenvalue weighted by molar-refractivity contribution is 0.182. The van der Waals surface area contributed by atoms with E-state index in [0.29, 0.717) is 18.5 Å². The number of aryl methyl sites for hydroxylation is 2. The third kappa shape index (κ3) is 3.05. The largest absolute Gasteiger partial charge is 0.381 e. The zero-order chi connectivity index (χ0) is 13.1. The molecule has 0 spiro atoms. The molecule has 0 aromatic heterocycles. The molecule has 2 rings (SSSR count). The third-order valence-electron chi connectivity index (χ3n) is 3.58. The van der Waals surface area contributed by atoms with Crippen LogP contribution in [-0.2, 0) is 4.74 Å². The van der Waals surface area contributed by atoms with E-state index >= 15 is 0 Å². The number of hydrogen-bond donors (Lipinski definition) is 2. The lowest BCUT2D eigenvalue weighted by Gasteiger charge is -2.24. The second-order valence-electron chi connectivity index (χ2n) is 5.03. The average molecular weight is 313 g/mol. The van der Waals surface area contributed by atoms with E-state index in [2.05, 4.69) is 47.2 Å². The minimum atomic E-state index is 0.299. The van der Waals surface area contributed by atoms with E-state index < -0.39 is 0 Å². The van der Waals surface area contributed by atoms with E-state index in [4.69, 9.17) is 10.5 Å². The van der Waals surface area contributed by atoms with E-state index in [9.17, 15) is 0 Å². The SMILES string of the molecule is Cc1cc(NC(CN)C2CCOC2)cc(C)c1Br. The van der Waals surface area contributed by atoms with Gasteiger partial charge in [-0.3, -0.25) is 0 Å². The van der Waals surface area contributed by atoms with Crippen LogP contribution >= 0.6 is 15.9 Å². The summed E-state index contributed by atoms with van der Waals surface area (Å²) in [4.78, 5) is 0. The van der Waals surface area contributed by atoms with Gasteiger partial charge in [0.15, 0.2) is 0 Å². The van der Waals surface area contributed by atoms with Crippen LogP contribution in [0.1, 0.15) is 17.5 Å². The molecule has 3 N–H and O–H groups in total. The first-order valence-electron chi connectivity index (χ1n) is 6.43. The first-order chi connectivity index (χ1) is 8.61. The Balaban J connectivity index is 2.11. The summed E-state index contributed by atoms with van der Waals surface area (Å²) < 4.78 is 6.62. The molecule has 1 fully saturated rings. The number of rotatable bonds is 4. The molecule has 4 heteroatoms. The lowest BCUT2D eigenvalue weighted by Crippen LogP contribution is -2.36. The quantitative estimate of drug-likeness (QED) is 0.898. The molecule has 18 heavy (non-hydrogen) atoms.